The number of H-pyrrole nitrogens is 1. The maximum Gasteiger partial charge on any atom is 0.522 e. The number of aromatic hydroxyl groups is 1. The molecule has 0 saturated heterocycles. The van der Waals surface area contributed by atoms with E-state index in [0.717, 1.165) is 23.9 Å². The second-order valence-corrected chi connectivity index (χ2v) is 8.89. The fourth-order valence-electron chi connectivity index (χ4n) is 3.37. The van der Waals surface area contributed by atoms with Gasteiger partial charge >= 0.3 is 15.6 Å². The lowest BCUT2D eigenvalue weighted by Gasteiger charge is -2.07. The number of aromatic nitrogens is 1. The number of halogens is 3. The Kier molecular flexibility index (Phi) is 7.14. The SMILES string of the molecule is Cc1ccc(CCc2[nH]c3ccccc3c2-c2ccc(O)cc2)cc1.O=S(=O)(O)C(F)(F)F. The summed E-state index contributed by atoms with van der Waals surface area (Å²) in [6.07, 6.45) is 1.95. The monoisotopic (exact) mass is 477 g/mol. The first-order valence-electron chi connectivity index (χ1n) is 9.94. The predicted octanol–water partition coefficient (Wildman–Crippen LogP) is 6.03. The number of hydrogen-bond donors (Lipinski definition) is 3. The van der Waals surface area contributed by atoms with Crippen molar-refractivity contribution in [1.29, 1.82) is 0 Å². The lowest BCUT2D eigenvalue weighted by molar-refractivity contribution is -0.0510. The first-order valence-corrected chi connectivity index (χ1v) is 11.4. The molecule has 0 aliphatic rings. The summed E-state index contributed by atoms with van der Waals surface area (Å²) in [5, 5.41) is 10.8. The van der Waals surface area contributed by atoms with Crippen molar-refractivity contribution in [3.8, 4) is 16.9 Å². The minimum Gasteiger partial charge on any atom is -0.508 e. The number of phenols is 1. The topological polar surface area (TPSA) is 90.4 Å². The zero-order chi connectivity index (χ0) is 24.2. The van der Waals surface area contributed by atoms with Crippen LogP contribution >= 0.6 is 0 Å². The number of aromatic amines is 1. The van der Waals surface area contributed by atoms with Crippen LogP contribution < -0.4 is 0 Å². The Morgan fingerprint density at radius 3 is 2.03 bits per heavy atom. The van der Waals surface area contributed by atoms with Crippen LogP contribution in [0.3, 0.4) is 0 Å². The average molecular weight is 478 g/mol. The number of aryl methyl sites for hydroxylation is 3. The number of phenolic OH excluding ortho intramolecular Hbond substituents is 1. The smallest absolute Gasteiger partial charge is 0.508 e. The molecular formula is C24H22F3NO4S. The average Bonchev–Trinajstić information content (AvgIpc) is 3.11. The highest BCUT2D eigenvalue weighted by Crippen LogP contribution is 2.34. The first-order chi connectivity index (χ1) is 15.5. The quantitative estimate of drug-likeness (QED) is 0.247. The number of rotatable bonds is 4. The molecule has 0 aliphatic heterocycles. The summed E-state index contributed by atoms with van der Waals surface area (Å²) in [5.41, 5.74) is 1.88. The second-order valence-electron chi connectivity index (χ2n) is 7.48. The van der Waals surface area contributed by atoms with Crippen LogP contribution in [0.1, 0.15) is 16.8 Å². The van der Waals surface area contributed by atoms with Gasteiger partial charge in [-0.2, -0.15) is 21.6 Å². The second kappa shape index (κ2) is 9.68. The summed E-state index contributed by atoms with van der Waals surface area (Å²) in [5.74, 6) is 0.296. The van der Waals surface area contributed by atoms with Crippen molar-refractivity contribution in [2.45, 2.75) is 25.3 Å². The Bertz CT molecular complexity index is 1330. The number of nitrogens with one attached hydrogen (secondary N) is 1. The molecular weight excluding hydrogens is 455 g/mol. The standard InChI is InChI=1S/C23H21NO.CHF3O3S/c1-16-6-8-17(9-7-16)10-15-22-23(18-11-13-19(25)14-12-18)20-4-2-3-5-21(20)24-22;2-1(3,4)8(5,6)7/h2-9,11-14,24-25H,10,15H2,1H3;(H,5,6,7). The van der Waals surface area contributed by atoms with Crippen molar-refractivity contribution in [3.63, 3.8) is 0 Å². The van der Waals surface area contributed by atoms with Crippen molar-refractivity contribution < 1.29 is 31.2 Å². The molecule has 3 aromatic carbocycles. The van der Waals surface area contributed by atoms with Crippen LogP contribution in [0.25, 0.3) is 22.0 Å². The Morgan fingerprint density at radius 2 is 1.45 bits per heavy atom. The Morgan fingerprint density at radius 1 is 0.879 bits per heavy atom. The number of benzene rings is 3. The van der Waals surface area contributed by atoms with E-state index in [2.05, 4.69) is 60.4 Å². The third kappa shape index (κ3) is 6.15. The molecule has 0 spiro atoms. The zero-order valence-electron chi connectivity index (χ0n) is 17.6. The fraction of sp³-hybridized carbons (Fsp3) is 0.167. The molecule has 9 heteroatoms. The van der Waals surface area contributed by atoms with Gasteiger partial charge in [0.2, 0.25) is 0 Å². The molecule has 4 aromatic rings. The number of para-hydroxylation sites is 1. The minimum atomic E-state index is -5.84. The highest BCUT2D eigenvalue weighted by molar-refractivity contribution is 7.86. The van der Waals surface area contributed by atoms with Gasteiger partial charge in [-0.3, -0.25) is 4.55 Å². The lowest BCUT2D eigenvalue weighted by Crippen LogP contribution is -2.21. The van der Waals surface area contributed by atoms with Crippen LogP contribution in [0.15, 0.2) is 72.8 Å². The molecule has 0 fully saturated rings. The van der Waals surface area contributed by atoms with Crippen LogP contribution in [0.5, 0.6) is 5.75 Å². The molecule has 0 unspecified atom stereocenters. The third-order valence-electron chi connectivity index (χ3n) is 5.02. The van der Waals surface area contributed by atoms with Gasteiger partial charge in [0.15, 0.2) is 0 Å². The van der Waals surface area contributed by atoms with E-state index in [4.69, 9.17) is 13.0 Å². The summed E-state index contributed by atoms with van der Waals surface area (Å²) in [4.78, 5) is 3.60. The van der Waals surface area contributed by atoms with Gasteiger partial charge in [-0.05, 0) is 49.1 Å². The van der Waals surface area contributed by atoms with E-state index in [1.807, 2.05) is 12.1 Å². The first kappa shape index (κ1) is 24.3. The van der Waals surface area contributed by atoms with Crippen LogP contribution in [0, 0.1) is 6.92 Å². The fourth-order valence-corrected chi connectivity index (χ4v) is 3.37. The zero-order valence-corrected chi connectivity index (χ0v) is 18.4. The Labute approximate surface area is 189 Å². The van der Waals surface area contributed by atoms with Gasteiger partial charge in [0.25, 0.3) is 0 Å². The molecule has 0 radical (unpaired) electrons. The normalized spacial score (nSPS) is 11.8. The van der Waals surface area contributed by atoms with E-state index in [0.29, 0.717) is 5.75 Å². The van der Waals surface area contributed by atoms with Crippen molar-refractivity contribution >= 4 is 21.0 Å². The molecule has 0 saturated carbocycles. The van der Waals surface area contributed by atoms with E-state index in [9.17, 15) is 18.3 Å². The Hall–Kier alpha value is -3.30. The molecule has 33 heavy (non-hydrogen) atoms. The summed E-state index contributed by atoms with van der Waals surface area (Å²) in [7, 11) is -5.84. The molecule has 0 amide bonds. The van der Waals surface area contributed by atoms with Gasteiger partial charge in [-0.15, -0.1) is 0 Å². The van der Waals surface area contributed by atoms with Gasteiger partial charge < -0.3 is 10.1 Å². The molecule has 1 aromatic heterocycles. The van der Waals surface area contributed by atoms with Crippen molar-refractivity contribution in [1.82, 2.24) is 4.98 Å². The highest BCUT2D eigenvalue weighted by atomic mass is 32.2. The van der Waals surface area contributed by atoms with Crippen LogP contribution in [-0.2, 0) is 23.0 Å². The number of alkyl halides is 3. The number of fused-ring (bicyclic) bond motifs is 1. The van der Waals surface area contributed by atoms with E-state index in [1.54, 1.807) is 12.1 Å². The number of hydrogen-bond acceptors (Lipinski definition) is 3. The maximum atomic E-state index is 10.7. The lowest BCUT2D eigenvalue weighted by atomic mass is 9.98. The van der Waals surface area contributed by atoms with Crippen molar-refractivity contribution in [2.24, 2.45) is 0 Å². The predicted molar refractivity (Wildman–Crippen MR) is 122 cm³/mol. The minimum absolute atomic E-state index is 0.296. The van der Waals surface area contributed by atoms with Gasteiger partial charge in [0.1, 0.15) is 5.75 Å². The Balaban J connectivity index is 0.000000331. The highest BCUT2D eigenvalue weighted by Gasteiger charge is 2.44. The molecule has 0 bridgehead atoms. The summed E-state index contributed by atoms with van der Waals surface area (Å²) < 4.78 is 57.5. The van der Waals surface area contributed by atoms with E-state index < -0.39 is 15.6 Å². The molecule has 1 heterocycles. The molecule has 0 atom stereocenters. The molecule has 0 aliphatic carbocycles. The molecule has 174 valence electrons. The van der Waals surface area contributed by atoms with Crippen molar-refractivity contribution in [2.75, 3.05) is 0 Å². The van der Waals surface area contributed by atoms with Crippen LogP contribution in [-0.4, -0.2) is 28.6 Å². The molecule has 3 N–H and O–H groups in total. The largest absolute Gasteiger partial charge is 0.522 e. The van der Waals surface area contributed by atoms with E-state index >= 15 is 0 Å². The maximum absolute atomic E-state index is 10.7. The van der Waals surface area contributed by atoms with Crippen molar-refractivity contribution in [3.05, 3.63) is 89.6 Å². The summed E-state index contributed by atoms with van der Waals surface area (Å²) in [6, 6.07) is 24.6. The van der Waals surface area contributed by atoms with Gasteiger partial charge in [0, 0.05) is 22.2 Å². The third-order valence-corrected chi connectivity index (χ3v) is 5.60. The molecule has 4 rings (SSSR count). The van der Waals surface area contributed by atoms with Gasteiger partial charge in [-0.1, -0.05) is 60.2 Å². The van der Waals surface area contributed by atoms with E-state index in [1.165, 1.54) is 27.8 Å². The summed E-state index contributed by atoms with van der Waals surface area (Å²) in [6.45, 7) is 2.12. The van der Waals surface area contributed by atoms with Gasteiger partial charge in [-0.25, -0.2) is 0 Å². The van der Waals surface area contributed by atoms with E-state index in [-0.39, 0.29) is 0 Å². The van der Waals surface area contributed by atoms with Gasteiger partial charge in [0.05, 0.1) is 0 Å². The van der Waals surface area contributed by atoms with Crippen LogP contribution in [0.2, 0.25) is 0 Å². The summed E-state index contributed by atoms with van der Waals surface area (Å²) >= 11 is 0. The van der Waals surface area contributed by atoms with Crippen LogP contribution in [0.4, 0.5) is 13.2 Å². The molecule has 5 nitrogen and oxygen atoms in total.